The van der Waals surface area contributed by atoms with Crippen molar-refractivity contribution in [2.24, 2.45) is 0 Å². The Morgan fingerprint density at radius 1 is 1.23 bits per heavy atom. The van der Waals surface area contributed by atoms with Gasteiger partial charge in [0.05, 0.1) is 31.5 Å². The van der Waals surface area contributed by atoms with Gasteiger partial charge in [-0.1, -0.05) is 30.3 Å². The van der Waals surface area contributed by atoms with Crippen LogP contribution in [0.25, 0.3) is 0 Å². The van der Waals surface area contributed by atoms with Crippen LogP contribution in [0.2, 0.25) is 0 Å². The third kappa shape index (κ3) is 4.82. The number of hydrogen-bond donors (Lipinski definition) is 1. The van der Waals surface area contributed by atoms with Crippen LogP contribution in [0, 0.1) is 0 Å². The molecule has 0 aliphatic carbocycles. The van der Waals surface area contributed by atoms with Crippen LogP contribution in [-0.2, 0) is 9.59 Å². The first-order valence-electron chi connectivity index (χ1n) is 9.74. The van der Waals surface area contributed by atoms with Gasteiger partial charge in [0.25, 0.3) is 0 Å². The van der Waals surface area contributed by atoms with Crippen molar-refractivity contribution in [2.75, 3.05) is 30.9 Å². The van der Waals surface area contributed by atoms with Gasteiger partial charge in [-0.05, 0) is 32.2 Å². The van der Waals surface area contributed by atoms with Crippen LogP contribution in [0.4, 0.5) is 24.5 Å². The molecule has 2 amide bonds. The molecule has 0 saturated heterocycles. The molecule has 1 aliphatic rings. The number of likely N-dealkylation sites (N-methyl/N-ethyl adjacent to an activating group) is 1. The number of carbonyl (C=O) groups excluding carboxylic acids is 2. The maximum atomic E-state index is 13.9. The molecular formula is C22H24F3N3O3. The minimum atomic E-state index is -4.77. The first kappa shape index (κ1) is 22.6. The fourth-order valence-electron chi connectivity index (χ4n) is 3.67. The van der Waals surface area contributed by atoms with Crippen LogP contribution in [0.3, 0.4) is 0 Å². The maximum absolute atomic E-state index is 13.9. The molecule has 0 aromatic heterocycles. The van der Waals surface area contributed by atoms with Gasteiger partial charge in [-0.15, -0.1) is 0 Å². The topological polar surface area (TPSA) is 61.9 Å². The second kappa shape index (κ2) is 8.97. The molecule has 9 heteroatoms. The number of anilines is 2. The van der Waals surface area contributed by atoms with Crippen molar-refractivity contribution in [3.05, 3.63) is 54.1 Å². The SMILES string of the molecule is COc1ccccc1C(C)N(C)CC(=O)N1c2ccccc2NC(=O)CC1C(F)(F)F. The van der Waals surface area contributed by atoms with Gasteiger partial charge in [-0.2, -0.15) is 13.2 Å². The summed E-state index contributed by atoms with van der Waals surface area (Å²) in [6, 6.07) is 10.7. The number of rotatable bonds is 5. The van der Waals surface area contributed by atoms with E-state index in [9.17, 15) is 22.8 Å². The zero-order valence-corrected chi connectivity index (χ0v) is 17.4. The van der Waals surface area contributed by atoms with E-state index < -0.39 is 30.5 Å². The Morgan fingerprint density at radius 3 is 2.55 bits per heavy atom. The molecule has 0 fully saturated rings. The number of fused-ring (bicyclic) bond motifs is 1. The first-order valence-corrected chi connectivity index (χ1v) is 9.74. The molecular weight excluding hydrogens is 411 g/mol. The average molecular weight is 435 g/mol. The highest BCUT2D eigenvalue weighted by Gasteiger charge is 2.49. The molecule has 2 atom stereocenters. The number of alkyl halides is 3. The molecule has 0 bridgehead atoms. The van der Waals surface area contributed by atoms with Gasteiger partial charge in [0.2, 0.25) is 11.8 Å². The van der Waals surface area contributed by atoms with E-state index in [0.29, 0.717) is 10.6 Å². The van der Waals surface area contributed by atoms with Crippen molar-refractivity contribution in [1.29, 1.82) is 0 Å². The van der Waals surface area contributed by atoms with Gasteiger partial charge >= 0.3 is 6.18 Å². The lowest BCUT2D eigenvalue weighted by Crippen LogP contribution is -2.52. The molecule has 0 spiro atoms. The molecule has 2 aromatic rings. The van der Waals surface area contributed by atoms with Gasteiger partial charge in [-0.25, -0.2) is 0 Å². The van der Waals surface area contributed by atoms with Crippen LogP contribution in [-0.4, -0.2) is 49.6 Å². The zero-order chi connectivity index (χ0) is 22.8. The number of benzene rings is 2. The van der Waals surface area contributed by atoms with E-state index in [0.717, 1.165) is 5.56 Å². The quantitative estimate of drug-likeness (QED) is 0.772. The minimum absolute atomic E-state index is 0.0269. The van der Waals surface area contributed by atoms with Gasteiger partial charge in [0.15, 0.2) is 0 Å². The Morgan fingerprint density at radius 2 is 1.87 bits per heavy atom. The molecule has 6 nitrogen and oxygen atoms in total. The van der Waals surface area contributed by atoms with Crippen molar-refractivity contribution >= 4 is 23.2 Å². The highest BCUT2D eigenvalue weighted by molar-refractivity contribution is 6.05. The van der Waals surface area contributed by atoms with Crippen LogP contribution in [0.1, 0.15) is 24.9 Å². The normalized spacial score (nSPS) is 17.6. The lowest BCUT2D eigenvalue weighted by atomic mass is 10.1. The maximum Gasteiger partial charge on any atom is 0.409 e. The molecule has 2 aromatic carbocycles. The molecule has 31 heavy (non-hydrogen) atoms. The van der Waals surface area contributed by atoms with Crippen LogP contribution >= 0.6 is 0 Å². The summed E-state index contributed by atoms with van der Waals surface area (Å²) in [6.45, 7) is 1.56. The smallest absolute Gasteiger partial charge is 0.409 e. The van der Waals surface area contributed by atoms with E-state index >= 15 is 0 Å². The summed E-state index contributed by atoms with van der Waals surface area (Å²) in [5.74, 6) is -0.922. The second-order valence-corrected chi connectivity index (χ2v) is 7.42. The number of hydrogen-bond acceptors (Lipinski definition) is 4. The van der Waals surface area contributed by atoms with E-state index in [1.807, 2.05) is 25.1 Å². The number of para-hydroxylation sites is 3. The predicted molar refractivity (Wildman–Crippen MR) is 111 cm³/mol. The van der Waals surface area contributed by atoms with E-state index in [1.54, 1.807) is 24.1 Å². The van der Waals surface area contributed by atoms with Crippen LogP contribution < -0.4 is 15.0 Å². The number of halogens is 3. The van der Waals surface area contributed by atoms with Crippen LogP contribution in [0.15, 0.2) is 48.5 Å². The van der Waals surface area contributed by atoms with E-state index in [-0.39, 0.29) is 24.0 Å². The Hall–Kier alpha value is -3.07. The summed E-state index contributed by atoms with van der Waals surface area (Å²) < 4.78 is 46.9. The monoisotopic (exact) mass is 435 g/mol. The minimum Gasteiger partial charge on any atom is -0.496 e. The molecule has 0 saturated carbocycles. The summed E-state index contributed by atoms with van der Waals surface area (Å²) in [5.41, 5.74) is 1.01. The first-order chi connectivity index (χ1) is 14.6. The average Bonchev–Trinajstić information content (AvgIpc) is 2.88. The zero-order valence-electron chi connectivity index (χ0n) is 17.4. The third-order valence-corrected chi connectivity index (χ3v) is 5.41. The largest absolute Gasteiger partial charge is 0.496 e. The lowest BCUT2D eigenvalue weighted by molar-refractivity contribution is -0.158. The summed E-state index contributed by atoms with van der Waals surface area (Å²) in [6.07, 6.45) is -5.63. The number of amides is 2. The van der Waals surface area contributed by atoms with Crippen molar-refractivity contribution in [3.63, 3.8) is 0 Å². The Kier molecular flexibility index (Phi) is 6.54. The summed E-state index contributed by atoms with van der Waals surface area (Å²) in [5, 5.41) is 2.46. The van der Waals surface area contributed by atoms with Crippen molar-refractivity contribution in [1.82, 2.24) is 4.90 Å². The number of carbonyl (C=O) groups is 2. The molecule has 166 valence electrons. The molecule has 3 rings (SSSR count). The van der Waals surface area contributed by atoms with Crippen LogP contribution in [0.5, 0.6) is 5.75 Å². The highest BCUT2D eigenvalue weighted by Crippen LogP contribution is 2.38. The molecule has 1 N–H and O–H groups in total. The van der Waals surface area contributed by atoms with Gasteiger partial charge in [-0.3, -0.25) is 19.4 Å². The Balaban J connectivity index is 1.92. The van der Waals surface area contributed by atoms with Gasteiger partial charge in [0, 0.05) is 11.6 Å². The van der Waals surface area contributed by atoms with Gasteiger partial charge < -0.3 is 10.1 Å². The summed E-state index contributed by atoms with van der Waals surface area (Å²) in [4.78, 5) is 27.6. The van der Waals surface area contributed by atoms with E-state index in [1.165, 1.54) is 25.3 Å². The summed E-state index contributed by atoms with van der Waals surface area (Å²) in [7, 11) is 3.19. The van der Waals surface area contributed by atoms with Gasteiger partial charge in [0.1, 0.15) is 11.8 Å². The summed E-state index contributed by atoms with van der Waals surface area (Å²) >= 11 is 0. The highest BCUT2D eigenvalue weighted by atomic mass is 19.4. The van der Waals surface area contributed by atoms with E-state index in [2.05, 4.69) is 5.32 Å². The number of methoxy groups -OCH3 is 1. The second-order valence-electron chi connectivity index (χ2n) is 7.42. The predicted octanol–water partition coefficient (Wildman–Crippen LogP) is 3.99. The van der Waals surface area contributed by atoms with Crippen molar-refractivity contribution in [2.45, 2.75) is 31.6 Å². The van der Waals surface area contributed by atoms with Crippen molar-refractivity contribution < 1.29 is 27.5 Å². The Labute approximate surface area is 178 Å². The molecule has 2 unspecified atom stereocenters. The third-order valence-electron chi connectivity index (χ3n) is 5.41. The van der Waals surface area contributed by atoms with E-state index in [4.69, 9.17) is 4.74 Å². The standard InChI is InChI=1S/C22H24F3N3O3/c1-14(15-8-4-7-11-18(15)31-3)27(2)13-21(30)28-17-10-6-5-9-16(17)26-20(29)12-19(28)22(23,24)25/h4-11,14,19H,12-13H2,1-3H3,(H,26,29). The number of ether oxygens (including phenoxy) is 1. The lowest BCUT2D eigenvalue weighted by Gasteiger charge is -2.34. The molecule has 1 aliphatic heterocycles. The number of nitrogens with one attached hydrogen (secondary N) is 1. The van der Waals surface area contributed by atoms with Crippen molar-refractivity contribution in [3.8, 4) is 5.75 Å². The molecule has 0 radical (unpaired) electrons. The molecule has 1 heterocycles. The fourth-order valence-corrected chi connectivity index (χ4v) is 3.67. The fraction of sp³-hybridized carbons (Fsp3) is 0.364. The number of nitrogens with zero attached hydrogens (tertiary/aromatic N) is 2. The Bertz CT molecular complexity index is 964.